The van der Waals surface area contributed by atoms with E-state index in [9.17, 15) is 9.90 Å². The molecule has 2 aromatic carbocycles. The van der Waals surface area contributed by atoms with E-state index in [4.69, 9.17) is 32.7 Å². The van der Waals surface area contributed by atoms with Crippen LogP contribution < -0.4 is 10.1 Å². The Morgan fingerprint density at radius 2 is 1.93 bits per heavy atom. The lowest BCUT2D eigenvalue weighted by molar-refractivity contribution is -0.141. The van der Waals surface area contributed by atoms with Gasteiger partial charge in [-0.05, 0) is 42.8 Å². The Morgan fingerprint density at radius 1 is 1.20 bits per heavy atom. The molecule has 2 aliphatic rings. The zero-order valence-corrected chi connectivity index (χ0v) is 17.9. The molecule has 0 bridgehead atoms. The second-order valence-corrected chi connectivity index (χ2v) is 8.35. The van der Waals surface area contributed by atoms with Crippen LogP contribution >= 0.6 is 23.2 Å². The van der Waals surface area contributed by atoms with Gasteiger partial charge in [-0.25, -0.2) is 0 Å². The lowest BCUT2D eigenvalue weighted by Crippen LogP contribution is -2.52. The lowest BCUT2D eigenvalue weighted by atomic mass is 10.0. The summed E-state index contributed by atoms with van der Waals surface area (Å²) in [7, 11) is 0. The highest BCUT2D eigenvalue weighted by Gasteiger charge is 2.38. The second kappa shape index (κ2) is 9.54. The Hall–Kier alpha value is -1.83. The van der Waals surface area contributed by atoms with Gasteiger partial charge >= 0.3 is 5.97 Å². The van der Waals surface area contributed by atoms with E-state index < -0.39 is 12.0 Å². The molecule has 0 amide bonds. The number of ether oxygens (including phenoxy) is 2. The van der Waals surface area contributed by atoms with Crippen molar-refractivity contribution in [1.29, 1.82) is 0 Å². The number of benzene rings is 2. The fraction of sp³-hybridized carbons (Fsp3) is 0.409. The largest absolute Gasteiger partial charge is 0.489 e. The first-order chi connectivity index (χ1) is 14.5. The summed E-state index contributed by atoms with van der Waals surface area (Å²) in [6.07, 6.45) is 0.738. The molecule has 2 aromatic rings. The van der Waals surface area contributed by atoms with Crippen molar-refractivity contribution in [3.05, 3.63) is 63.6 Å². The SMILES string of the molecule is O=C(O)[C@H]1NCCC1N1CCOC(c2ccc(OCc3c(Cl)cccc3Cl)cc2)C1. The van der Waals surface area contributed by atoms with Crippen LogP contribution in [-0.2, 0) is 16.1 Å². The van der Waals surface area contributed by atoms with E-state index in [1.807, 2.05) is 24.3 Å². The van der Waals surface area contributed by atoms with Crippen molar-refractivity contribution in [2.24, 2.45) is 0 Å². The maximum absolute atomic E-state index is 11.5. The highest BCUT2D eigenvalue weighted by atomic mass is 35.5. The molecule has 4 rings (SSSR count). The number of hydrogen-bond donors (Lipinski definition) is 2. The molecular weight excluding hydrogens is 427 g/mol. The highest BCUT2D eigenvalue weighted by Crippen LogP contribution is 2.29. The van der Waals surface area contributed by atoms with Crippen molar-refractivity contribution in [2.75, 3.05) is 26.2 Å². The first-order valence-electron chi connectivity index (χ1n) is 10.0. The minimum absolute atomic E-state index is 0.00289. The fourth-order valence-electron chi connectivity index (χ4n) is 4.11. The predicted molar refractivity (Wildman–Crippen MR) is 115 cm³/mol. The molecule has 160 valence electrons. The van der Waals surface area contributed by atoms with Gasteiger partial charge in [0.2, 0.25) is 0 Å². The molecule has 2 saturated heterocycles. The minimum atomic E-state index is -0.791. The first kappa shape index (κ1) is 21.4. The van der Waals surface area contributed by atoms with E-state index in [2.05, 4.69) is 10.2 Å². The third-order valence-electron chi connectivity index (χ3n) is 5.72. The fourth-order valence-corrected chi connectivity index (χ4v) is 4.62. The van der Waals surface area contributed by atoms with Crippen LogP contribution in [0.3, 0.4) is 0 Å². The van der Waals surface area contributed by atoms with Crippen molar-refractivity contribution < 1.29 is 19.4 Å². The Morgan fingerprint density at radius 3 is 2.63 bits per heavy atom. The molecule has 0 spiro atoms. The summed E-state index contributed by atoms with van der Waals surface area (Å²) in [6.45, 7) is 3.01. The van der Waals surface area contributed by atoms with Crippen molar-refractivity contribution >= 4 is 29.2 Å². The van der Waals surface area contributed by atoms with Crippen LogP contribution in [0.1, 0.15) is 23.7 Å². The molecule has 30 heavy (non-hydrogen) atoms. The van der Waals surface area contributed by atoms with E-state index in [-0.39, 0.29) is 18.8 Å². The quantitative estimate of drug-likeness (QED) is 0.697. The summed E-state index contributed by atoms with van der Waals surface area (Å²) in [5.74, 6) is -0.0750. The number of morpholine rings is 1. The van der Waals surface area contributed by atoms with E-state index in [1.54, 1.807) is 18.2 Å². The van der Waals surface area contributed by atoms with Gasteiger partial charge in [0, 0.05) is 34.7 Å². The Labute approximate surface area is 185 Å². The third-order valence-corrected chi connectivity index (χ3v) is 6.43. The van der Waals surface area contributed by atoms with E-state index >= 15 is 0 Å². The van der Waals surface area contributed by atoms with Crippen molar-refractivity contribution in [1.82, 2.24) is 10.2 Å². The normalized spacial score (nSPS) is 24.7. The smallest absolute Gasteiger partial charge is 0.322 e. The number of nitrogens with zero attached hydrogens (tertiary/aromatic N) is 1. The zero-order chi connectivity index (χ0) is 21.1. The standard InChI is InChI=1S/C22H24Cl2N2O4/c23-17-2-1-3-18(24)16(17)13-30-15-6-4-14(5-7-15)20-12-26(10-11-29-20)19-8-9-25-21(19)22(27)28/h1-7,19-21,25H,8-13H2,(H,27,28)/t19?,20?,21-/m0/s1. The van der Waals surface area contributed by atoms with Crippen LogP contribution in [0, 0.1) is 0 Å². The van der Waals surface area contributed by atoms with E-state index in [0.29, 0.717) is 28.9 Å². The molecule has 0 aromatic heterocycles. The maximum atomic E-state index is 11.5. The van der Waals surface area contributed by atoms with Gasteiger partial charge in [0.25, 0.3) is 0 Å². The van der Waals surface area contributed by atoms with Gasteiger partial charge in [0.05, 0.1) is 12.7 Å². The molecule has 8 heteroatoms. The molecule has 2 N–H and O–H groups in total. The number of nitrogens with one attached hydrogen (secondary N) is 1. The van der Waals surface area contributed by atoms with Crippen LogP contribution in [-0.4, -0.2) is 54.3 Å². The summed E-state index contributed by atoms with van der Waals surface area (Å²) in [5, 5.41) is 13.7. The molecular formula is C22H24Cl2N2O4. The molecule has 0 aliphatic carbocycles. The summed E-state index contributed by atoms with van der Waals surface area (Å²) < 4.78 is 11.8. The molecule has 2 fully saturated rings. The summed E-state index contributed by atoms with van der Waals surface area (Å²) in [5.41, 5.74) is 1.80. The van der Waals surface area contributed by atoms with Crippen LogP contribution in [0.5, 0.6) is 5.75 Å². The number of rotatable bonds is 6. The first-order valence-corrected chi connectivity index (χ1v) is 10.8. The van der Waals surface area contributed by atoms with Crippen LogP contribution in [0.4, 0.5) is 0 Å². The topological polar surface area (TPSA) is 71.0 Å². The van der Waals surface area contributed by atoms with Crippen LogP contribution in [0.25, 0.3) is 0 Å². The van der Waals surface area contributed by atoms with Crippen molar-refractivity contribution in [2.45, 2.75) is 31.2 Å². The molecule has 0 saturated carbocycles. The number of aliphatic carboxylic acids is 1. The van der Waals surface area contributed by atoms with Gasteiger partial charge in [-0.2, -0.15) is 0 Å². The Bertz CT molecular complexity index is 873. The highest BCUT2D eigenvalue weighted by molar-refractivity contribution is 6.35. The summed E-state index contributed by atoms with van der Waals surface area (Å²) >= 11 is 12.4. The van der Waals surface area contributed by atoms with E-state index in [0.717, 1.165) is 30.6 Å². The average Bonchev–Trinajstić information content (AvgIpc) is 3.24. The third kappa shape index (κ3) is 4.74. The molecule has 3 atom stereocenters. The van der Waals surface area contributed by atoms with Gasteiger partial charge in [0.15, 0.2) is 0 Å². The molecule has 2 heterocycles. The van der Waals surface area contributed by atoms with Gasteiger partial charge in [0.1, 0.15) is 18.4 Å². The molecule has 2 unspecified atom stereocenters. The molecule has 0 radical (unpaired) electrons. The summed E-state index contributed by atoms with van der Waals surface area (Å²) in [6, 6.07) is 12.6. The predicted octanol–water partition coefficient (Wildman–Crippen LogP) is 3.76. The second-order valence-electron chi connectivity index (χ2n) is 7.54. The minimum Gasteiger partial charge on any atom is -0.489 e. The van der Waals surface area contributed by atoms with Gasteiger partial charge in [-0.3, -0.25) is 9.69 Å². The number of carboxylic acid groups (broad SMARTS) is 1. The number of carbonyl (C=O) groups is 1. The maximum Gasteiger partial charge on any atom is 0.322 e. The van der Waals surface area contributed by atoms with Gasteiger partial charge in [-0.15, -0.1) is 0 Å². The Balaban J connectivity index is 1.38. The van der Waals surface area contributed by atoms with E-state index in [1.165, 1.54) is 0 Å². The monoisotopic (exact) mass is 450 g/mol. The van der Waals surface area contributed by atoms with Crippen molar-refractivity contribution in [3.63, 3.8) is 0 Å². The summed E-state index contributed by atoms with van der Waals surface area (Å²) in [4.78, 5) is 13.7. The zero-order valence-electron chi connectivity index (χ0n) is 16.4. The number of carboxylic acids is 1. The molecule has 6 nitrogen and oxygen atoms in total. The average molecular weight is 451 g/mol. The van der Waals surface area contributed by atoms with Crippen LogP contribution in [0.2, 0.25) is 10.0 Å². The van der Waals surface area contributed by atoms with Gasteiger partial charge < -0.3 is 19.9 Å². The number of halogens is 2. The Kier molecular flexibility index (Phi) is 6.80. The molecule has 2 aliphatic heterocycles. The van der Waals surface area contributed by atoms with Gasteiger partial charge in [-0.1, -0.05) is 41.4 Å². The lowest BCUT2D eigenvalue weighted by Gasteiger charge is -2.38. The van der Waals surface area contributed by atoms with Crippen molar-refractivity contribution in [3.8, 4) is 5.75 Å². The van der Waals surface area contributed by atoms with Crippen LogP contribution in [0.15, 0.2) is 42.5 Å². The number of hydrogen-bond acceptors (Lipinski definition) is 5.